The van der Waals surface area contributed by atoms with Gasteiger partial charge >= 0.3 is 0 Å². The lowest BCUT2D eigenvalue weighted by Gasteiger charge is -2.25. The second kappa shape index (κ2) is 8.26. The van der Waals surface area contributed by atoms with Gasteiger partial charge in [0.1, 0.15) is 0 Å². The highest BCUT2D eigenvalue weighted by Gasteiger charge is 2.29. The molecule has 0 saturated heterocycles. The maximum Gasteiger partial charge on any atom is 0.00990 e. The van der Waals surface area contributed by atoms with Crippen molar-refractivity contribution in [2.75, 3.05) is 0 Å². The summed E-state index contributed by atoms with van der Waals surface area (Å²) < 4.78 is 0. The summed E-state index contributed by atoms with van der Waals surface area (Å²) in [7, 11) is 0. The smallest absolute Gasteiger partial charge is 0.00990 e. The highest BCUT2D eigenvalue weighted by atomic mass is 15.0. The van der Waals surface area contributed by atoms with Crippen molar-refractivity contribution >= 4 is 0 Å². The molecule has 0 spiro atoms. The van der Waals surface area contributed by atoms with Crippen molar-refractivity contribution in [3.8, 4) is 0 Å². The Bertz CT molecular complexity index is 216. The minimum Gasteiger partial charge on any atom is -0.310 e. The zero-order valence-corrected chi connectivity index (χ0v) is 14.1. The molecule has 0 bridgehead atoms. The third-order valence-corrected chi connectivity index (χ3v) is 2.71. The molecule has 2 N–H and O–H groups in total. The summed E-state index contributed by atoms with van der Waals surface area (Å²) in [5.74, 6) is 0.972. The lowest BCUT2D eigenvalue weighted by molar-refractivity contribution is 0.350. The van der Waals surface area contributed by atoms with Crippen LogP contribution in [0.2, 0.25) is 0 Å². The van der Waals surface area contributed by atoms with Crippen molar-refractivity contribution in [2.45, 2.75) is 106 Å². The van der Waals surface area contributed by atoms with Crippen molar-refractivity contribution in [3.05, 3.63) is 0 Å². The average Bonchev–Trinajstić information content (AvgIpc) is 2.76. The van der Waals surface area contributed by atoms with Gasteiger partial charge in [0.25, 0.3) is 0 Å². The maximum absolute atomic E-state index is 3.58. The fraction of sp³-hybridized carbons (Fsp3) is 1.00. The molecule has 2 nitrogen and oxygen atoms in total. The van der Waals surface area contributed by atoms with E-state index >= 15 is 0 Å². The van der Waals surface area contributed by atoms with Gasteiger partial charge in [0.05, 0.1) is 0 Å². The summed E-state index contributed by atoms with van der Waals surface area (Å²) in [5, 5.41) is 6.96. The SMILES string of the molecule is C.CC(C)NC(C)(C)C.CC(NC(C)(C)C)C1CC1. The van der Waals surface area contributed by atoms with E-state index in [-0.39, 0.29) is 13.0 Å². The molecule has 0 heterocycles. The summed E-state index contributed by atoms with van der Waals surface area (Å²) in [4.78, 5) is 0. The molecule has 1 aliphatic carbocycles. The van der Waals surface area contributed by atoms with Crippen molar-refractivity contribution in [3.63, 3.8) is 0 Å². The number of rotatable bonds is 3. The van der Waals surface area contributed by atoms with Crippen LogP contribution in [0.1, 0.15) is 82.6 Å². The third-order valence-electron chi connectivity index (χ3n) is 2.71. The van der Waals surface area contributed by atoms with Gasteiger partial charge in [-0.2, -0.15) is 0 Å². The molecule has 0 amide bonds. The van der Waals surface area contributed by atoms with E-state index in [2.05, 4.69) is 72.9 Å². The standard InChI is InChI=1S/C9H19N.C7H17N.CH4/c1-7(8-5-6-8)10-9(2,3)4;1-6(2)8-7(3,4)5;/h7-8,10H,5-6H2,1-4H3;6,8H,1-5H3;1H4. The Kier molecular flexibility index (Phi) is 9.23. The van der Waals surface area contributed by atoms with Crippen LogP contribution < -0.4 is 10.6 Å². The van der Waals surface area contributed by atoms with Gasteiger partial charge in [-0.1, -0.05) is 21.3 Å². The lowest BCUT2D eigenvalue weighted by atomic mass is 10.1. The van der Waals surface area contributed by atoms with Crippen LogP contribution in [0.4, 0.5) is 0 Å². The van der Waals surface area contributed by atoms with E-state index in [0.29, 0.717) is 11.6 Å². The van der Waals surface area contributed by atoms with E-state index in [1.165, 1.54) is 12.8 Å². The Morgan fingerprint density at radius 2 is 1.16 bits per heavy atom. The van der Waals surface area contributed by atoms with Crippen molar-refractivity contribution in [1.82, 2.24) is 10.6 Å². The van der Waals surface area contributed by atoms with Crippen LogP contribution in [0, 0.1) is 5.92 Å². The first-order valence-corrected chi connectivity index (χ1v) is 7.46. The summed E-state index contributed by atoms with van der Waals surface area (Å²) >= 11 is 0. The molecule has 118 valence electrons. The summed E-state index contributed by atoms with van der Waals surface area (Å²) in [5.41, 5.74) is 0.566. The molecule has 1 saturated carbocycles. The minimum absolute atomic E-state index is 0. The minimum atomic E-state index is 0. The fourth-order valence-electron chi connectivity index (χ4n) is 2.26. The van der Waals surface area contributed by atoms with E-state index in [9.17, 15) is 0 Å². The molecular weight excluding hydrogens is 232 g/mol. The van der Waals surface area contributed by atoms with Crippen molar-refractivity contribution in [1.29, 1.82) is 0 Å². The van der Waals surface area contributed by atoms with E-state index in [4.69, 9.17) is 0 Å². The van der Waals surface area contributed by atoms with Crippen LogP contribution >= 0.6 is 0 Å². The van der Waals surface area contributed by atoms with Crippen molar-refractivity contribution in [2.24, 2.45) is 5.92 Å². The molecule has 0 aromatic heterocycles. The van der Waals surface area contributed by atoms with E-state index in [0.717, 1.165) is 12.0 Å². The normalized spacial score (nSPS) is 17.4. The fourth-order valence-corrected chi connectivity index (χ4v) is 2.26. The predicted molar refractivity (Wildman–Crippen MR) is 89.8 cm³/mol. The van der Waals surface area contributed by atoms with Gasteiger partial charge in [-0.25, -0.2) is 0 Å². The zero-order valence-electron chi connectivity index (χ0n) is 14.1. The quantitative estimate of drug-likeness (QED) is 0.785. The first kappa shape index (κ1) is 21.2. The molecule has 1 fully saturated rings. The van der Waals surface area contributed by atoms with Crippen LogP contribution in [-0.2, 0) is 0 Å². The van der Waals surface area contributed by atoms with Gasteiger partial charge < -0.3 is 10.6 Å². The topological polar surface area (TPSA) is 24.1 Å². The Balaban J connectivity index is 0. The van der Waals surface area contributed by atoms with Gasteiger partial charge in [-0.15, -0.1) is 0 Å². The molecule has 0 aromatic carbocycles. The molecular formula is C17H40N2. The second-order valence-electron chi connectivity index (χ2n) is 8.07. The van der Waals surface area contributed by atoms with Crippen LogP contribution in [0.5, 0.6) is 0 Å². The van der Waals surface area contributed by atoms with Crippen LogP contribution in [0.15, 0.2) is 0 Å². The molecule has 1 atom stereocenters. The third kappa shape index (κ3) is 15.9. The number of hydrogen-bond acceptors (Lipinski definition) is 2. The second-order valence-corrected chi connectivity index (χ2v) is 8.07. The van der Waals surface area contributed by atoms with Gasteiger partial charge in [-0.05, 0) is 67.2 Å². The monoisotopic (exact) mass is 272 g/mol. The predicted octanol–water partition coefficient (Wildman–Crippen LogP) is 4.59. The van der Waals surface area contributed by atoms with Gasteiger partial charge in [-0.3, -0.25) is 0 Å². The van der Waals surface area contributed by atoms with Gasteiger partial charge in [0.15, 0.2) is 0 Å². The summed E-state index contributed by atoms with van der Waals surface area (Å²) in [6.07, 6.45) is 2.87. The Hall–Kier alpha value is -0.0800. The van der Waals surface area contributed by atoms with Gasteiger partial charge in [0, 0.05) is 23.2 Å². The number of hydrogen-bond donors (Lipinski definition) is 2. The van der Waals surface area contributed by atoms with E-state index in [1.807, 2.05) is 0 Å². The number of nitrogens with one attached hydrogen (secondary N) is 2. The first-order chi connectivity index (χ1) is 7.91. The van der Waals surface area contributed by atoms with Crippen LogP contribution in [-0.4, -0.2) is 23.2 Å². The maximum atomic E-state index is 3.58. The van der Waals surface area contributed by atoms with Crippen LogP contribution in [0.3, 0.4) is 0 Å². The summed E-state index contributed by atoms with van der Waals surface area (Å²) in [6.45, 7) is 19.8. The molecule has 1 rings (SSSR count). The first-order valence-electron chi connectivity index (χ1n) is 7.46. The Labute approximate surface area is 123 Å². The molecule has 1 aliphatic rings. The molecule has 0 aromatic rings. The Morgan fingerprint density at radius 1 is 0.789 bits per heavy atom. The van der Waals surface area contributed by atoms with Crippen LogP contribution in [0.25, 0.3) is 0 Å². The molecule has 2 heteroatoms. The average molecular weight is 273 g/mol. The highest BCUT2D eigenvalue weighted by molar-refractivity contribution is 4.87. The van der Waals surface area contributed by atoms with Gasteiger partial charge in [0.2, 0.25) is 0 Å². The summed E-state index contributed by atoms with van der Waals surface area (Å²) in [6, 6.07) is 1.31. The lowest BCUT2D eigenvalue weighted by Crippen LogP contribution is -2.43. The molecule has 0 aliphatic heterocycles. The Morgan fingerprint density at radius 3 is 1.32 bits per heavy atom. The van der Waals surface area contributed by atoms with E-state index in [1.54, 1.807) is 0 Å². The molecule has 0 radical (unpaired) electrons. The largest absolute Gasteiger partial charge is 0.310 e. The molecule has 19 heavy (non-hydrogen) atoms. The highest BCUT2D eigenvalue weighted by Crippen LogP contribution is 2.33. The zero-order chi connectivity index (χ0) is 14.6. The molecule has 1 unspecified atom stereocenters. The van der Waals surface area contributed by atoms with E-state index < -0.39 is 0 Å². The van der Waals surface area contributed by atoms with Crippen molar-refractivity contribution < 1.29 is 0 Å².